The van der Waals surface area contributed by atoms with E-state index in [0.29, 0.717) is 10.8 Å². The maximum Gasteiger partial charge on any atom is 0.308 e. The number of ether oxygens (including phenoxy) is 2. The molecular weight excluding hydrogens is 512 g/mol. The topological polar surface area (TPSA) is 104 Å². The third kappa shape index (κ3) is 6.75. The van der Waals surface area contributed by atoms with Crippen LogP contribution in [0.1, 0.15) is 25.8 Å². The number of carbonyl (C=O) groups excluding carboxylic acids is 3. The summed E-state index contributed by atoms with van der Waals surface area (Å²) in [5.41, 5.74) is 0.364. The van der Waals surface area contributed by atoms with Crippen molar-refractivity contribution in [3.63, 3.8) is 0 Å². The second-order valence-corrected chi connectivity index (χ2v) is 8.75. The van der Waals surface area contributed by atoms with E-state index in [4.69, 9.17) is 4.74 Å². The second kappa shape index (κ2) is 11.9. The number of aryl methyl sites for hydroxylation is 1. The van der Waals surface area contributed by atoms with Gasteiger partial charge in [-0.2, -0.15) is 8.78 Å². The Morgan fingerprint density at radius 1 is 1.00 bits per heavy atom. The molecule has 1 amide bonds. The number of benzene rings is 2. The molecule has 8 nitrogen and oxygen atoms in total. The largest absolute Gasteiger partial charge is 0.479 e. The van der Waals surface area contributed by atoms with E-state index in [1.165, 1.54) is 6.20 Å². The van der Waals surface area contributed by atoms with Crippen molar-refractivity contribution in [2.45, 2.75) is 45.9 Å². The smallest absolute Gasteiger partial charge is 0.308 e. The first-order valence-corrected chi connectivity index (χ1v) is 11.4. The molecule has 0 aliphatic heterocycles. The standard InChI is InChI=1S/C26H24F4N2O6/c1-13(2)38-22(35)10-19(20(33)12-37-25-23(29)17(27)9-18(28)24(25)30)31-21(34)11-32-7-6-15-5-4-14(3)8-16(15)26(32)36/h4-9,13,19H,10-12H2,1-3H3,(H,31,34). The predicted molar refractivity (Wildman–Crippen MR) is 127 cm³/mol. The van der Waals surface area contributed by atoms with Crippen molar-refractivity contribution in [2.24, 2.45) is 0 Å². The van der Waals surface area contributed by atoms with E-state index >= 15 is 0 Å². The van der Waals surface area contributed by atoms with Crippen LogP contribution in [0.25, 0.3) is 10.8 Å². The first kappa shape index (κ1) is 28.4. The maximum absolute atomic E-state index is 13.9. The minimum Gasteiger partial charge on any atom is -0.479 e. The SMILES string of the molecule is Cc1ccc2ccn(CC(=O)NC(CC(=O)OC(C)C)C(=O)COc3c(F)c(F)cc(F)c3F)c(=O)c2c1. The number of rotatable bonds is 10. The number of nitrogens with one attached hydrogen (secondary N) is 1. The Kier molecular flexibility index (Phi) is 8.87. The van der Waals surface area contributed by atoms with Crippen LogP contribution in [0.3, 0.4) is 0 Å². The Balaban J connectivity index is 1.79. The van der Waals surface area contributed by atoms with Gasteiger partial charge in [-0.05, 0) is 38.3 Å². The molecule has 1 heterocycles. The van der Waals surface area contributed by atoms with Crippen LogP contribution in [-0.4, -0.2) is 41.0 Å². The number of nitrogens with zero attached hydrogens (tertiary/aromatic N) is 1. The molecular formula is C26H24F4N2O6. The number of hydrogen-bond acceptors (Lipinski definition) is 6. The van der Waals surface area contributed by atoms with Crippen molar-refractivity contribution in [2.75, 3.05) is 6.61 Å². The van der Waals surface area contributed by atoms with E-state index in [0.717, 1.165) is 10.1 Å². The van der Waals surface area contributed by atoms with E-state index < -0.39 is 84.0 Å². The number of halogens is 4. The maximum atomic E-state index is 13.9. The zero-order valence-corrected chi connectivity index (χ0v) is 20.6. The van der Waals surface area contributed by atoms with Gasteiger partial charge >= 0.3 is 5.97 Å². The average Bonchev–Trinajstić information content (AvgIpc) is 2.83. The summed E-state index contributed by atoms with van der Waals surface area (Å²) in [5, 5.41) is 3.31. The number of hydrogen-bond donors (Lipinski definition) is 1. The van der Waals surface area contributed by atoms with Crippen LogP contribution in [0.4, 0.5) is 17.6 Å². The van der Waals surface area contributed by atoms with Crippen LogP contribution in [0.15, 0.2) is 41.3 Å². The molecule has 0 aliphatic carbocycles. The van der Waals surface area contributed by atoms with Crippen molar-refractivity contribution in [1.29, 1.82) is 0 Å². The number of carbonyl (C=O) groups is 3. The fourth-order valence-electron chi connectivity index (χ4n) is 3.56. The lowest BCUT2D eigenvalue weighted by atomic mass is 10.1. The minimum atomic E-state index is -1.86. The number of amides is 1. The van der Waals surface area contributed by atoms with Crippen LogP contribution in [-0.2, 0) is 25.7 Å². The van der Waals surface area contributed by atoms with Gasteiger partial charge in [-0.15, -0.1) is 0 Å². The van der Waals surface area contributed by atoms with Crippen molar-refractivity contribution >= 4 is 28.4 Å². The molecule has 38 heavy (non-hydrogen) atoms. The van der Waals surface area contributed by atoms with Gasteiger partial charge in [0, 0.05) is 17.6 Å². The number of Topliss-reactive ketones (excluding diaryl/α,β-unsaturated/α-hetero) is 1. The van der Waals surface area contributed by atoms with Crippen LogP contribution in [0.2, 0.25) is 0 Å². The predicted octanol–water partition coefficient (Wildman–Crippen LogP) is 3.34. The van der Waals surface area contributed by atoms with Gasteiger partial charge in [-0.25, -0.2) is 8.78 Å². The minimum absolute atomic E-state index is 0.0274. The zero-order valence-electron chi connectivity index (χ0n) is 20.6. The number of aromatic nitrogens is 1. The molecule has 1 atom stereocenters. The normalized spacial score (nSPS) is 11.9. The highest BCUT2D eigenvalue weighted by Crippen LogP contribution is 2.26. The third-order valence-electron chi connectivity index (χ3n) is 5.34. The Labute approximate surface area is 214 Å². The molecule has 0 fully saturated rings. The molecule has 202 valence electrons. The van der Waals surface area contributed by atoms with E-state index in [-0.39, 0.29) is 6.07 Å². The zero-order chi connectivity index (χ0) is 28.1. The fraction of sp³-hybridized carbons (Fsp3) is 0.308. The van der Waals surface area contributed by atoms with Crippen LogP contribution in [0.5, 0.6) is 5.75 Å². The summed E-state index contributed by atoms with van der Waals surface area (Å²) in [6, 6.07) is 5.23. The summed E-state index contributed by atoms with van der Waals surface area (Å²) in [6.07, 6.45) is 0.153. The molecule has 0 spiro atoms. The third-order valence-corrected chi connectivity index (χ3v) is 5.34. The molecule has 1 aromatic heterocycles. The summed E-state index contributed by atoms with van der Waals surface area (Å²) in [6.45, 7) is 3.23. The number of pyridine rings is 1. The fourth-order valence-corrected chi connectivity index (χ4v) is 3.56. The molecule has 0 bridgehead atoms. The monoisotopic (exact) mass is 536 g/mol. The second-order valence-electron chi connectivity index (χ2n) is 8.75. The van der Waals surface area contributed by atoms with Crippen LogP contribution in [0, 0.1) is 30.2 Å². The van der Waals surface area contributed by atoms with Gasteiger partial charge in [0.15, 0.2) is 23.2 Å². The molecule has 12 heteroatoms. The summed E-state index contributed by atoms with van der Waals surface area (Å²) < 4.78 is 65.4. The van der Waals surface area contributed by atoms with Gasteiger partial charge in [-0.1, -0.05) is 17.7 Å². The van der Waals surface area contributed by atoms with Crippen molar-refractivity contribution < 1.29 is 41.4 Å². The van der Waals surface area contributed by atoms with Gasteiger partial charge < -0.3 is 19.4 Å². The first-order chi connectivity index (χ1) is 17.9. The Morgan fingerprint density at radius 2 is 1.66 bits per heavy atom. The molecule has 0 aliphatic rings. The molecule has 3 aromatic rings. The lowest BCUT2D eigenvalue weighted by Crippen LogP contribution is -2.46. The molecule has 3 rings (SSSR count). The Bertz CT molecular complexity index is 1430. The summed E-state index contributed by atoms with van der Waals surface area (Å²) in [7, 11) is 0. The van der Waals surface area contributed by atoms with Gasteiger partial charge in [0.25, 0.3) is 5.56 Å². The summed E-state index contributed by atoms with van der Waals surface area (Å²) in [5.74, 6) is -11.5. The summed E-state index contributed by atoms with van der Waals surface area (Å²) in [4.78, 5) is 50.4. The quantitative estimate of drug-likeness (QED) is 0.242. The van der Waals surface area contributed by atoms with Crippen LogP contribution >= 0.6 is 0 Å². The van der Waals surface area contributed by atoms with Gasteiger partial charge in [-0.3, -0.25) is 19.2 Å². The van der Waals surface area contributed by atoms with Gasteiger partial charge in [0.1, 0.15) is 19.2 Å². The highest BCUT2D eigenvalue weighted by Gasteiger charge is 2.28. The summed E-state index contributed by atoms with van der Waals surface area (Å²) >= 11 is 0. The van der Waals surface area contributed by atoms with Crippen molar-refractivity contribution in [3.8, 4) is 5.75 Å². The highest BCUT2D eigenvalue weighted by atomic mass is 19.2. The van der Waals surface area contributed by atoms with Crippen molar-refractivity contribution in [3.05, 3.63) is 75.7 Å². The van der Waals surface area contributed by atoms with Gasteiger partial charge in [0.05, 0.1) is 12.5 Å². The molecule has 0 radical (unpaired) electrons. The molecule has 1 unspecified atom stereocenters. The van der Waals surface area contributed by atoms with Gasteiger partial charge in [0.2, 0.25) is 17.5 Å². The lowest BCUT2D eigenvalue weighted by Gasteiger charge is -2.19. The average molecular weight is 536 g/mol. The molecule has 0 saturated heterocycles. The number of fused-ring (bicyclic) bond motifs is 1. The van der Waals surface area contributed by atoms with Crippen LogP contribution < -0.4 is 15.6 Å². The van der Waals surface area contributed by atoms with Crippen molar-refractivity contribution in [1.82, 2.24) is 9.88 Å². The molecule has 1 N–H and O–H groups in total. The molecule has 2 aromatic carbocycles. The Morgan fingerprint density at radius 3 is 2.29 bits per heavy atom. The molecule has 0 saturated carbocycles. The Hall–Kier alpha value is -4.22. The lowest BCUT2D eigenvalue weighted by molar-refractivity contribution is -0.149. The van der Waals surface area contributed by atoms with E-state index in [1.54, 1.807) is 39.0 Å². The van der Waals surface area contributed by atoms with E-state index in [1.807, 2.05) is 6.07 Å². The number of ketones is 1. The van der Waals surface area contributed by atoms with E-state index in [9.17, 15) is 36.7 Å². The van der Waals surface area contributed by atoms with E-state index in [2.05, 4.69) is 10.1 Å². The first-order valence-electron chi connectivity index (χ1n) is 11.4. The highest BCUT2D eigenvalue weighted by molar-refractivity contribution is 5.93. The number of esters is 1.